The zero-order valence-electron chi connectivity index (χ0n) is 16.2. The second-order valence-corrected chi connectivity index (χ2v) is 8.48. The van der Waals surface area contributed by atoms with Crippen LogP contribution in [0.15, 0.2) is 47.3 Å². The molecule has 10 heteroatoms. The van der Waals surface area contributed by atoms with Gasteiger partial charge in [-0.25, -0.2) is 9.67 Å². The fourth-order valence-corrected chi connectivity index (χ4v) is 4.32. The minimum Gasteiger partial charge on any atom is -0.454 e. The van der Waals surface area contributed by atoms with Crippen molar-refractivity contribution in [2.75, 3.05) is 12.1 Å². The zero-order valence-corrected chi connectivity index (χ0v) is 17.8. The highest BCUT2D eigenvalue weighted by Crippen LogP contribution is 2.34. The number of carbonyl (C=O) groups excluding carboxylic acids is 1. The molecule has 0 aliphatic carbocycles. The molecular weight excluding hydrogens is 440 g/mol. The summed E-state index contributed by atoms with van der Waals surface area (Å²) in [5, 5.41) is 8.57. The molecule has 0 bridgehead atoms. The standard InChI is InChI=1S/C21H15ClN4O4S/c1-11-23-19-20(31-11)18(12-2-4-13(22)5-3-12)25-26(21(19)28)9-17(27)24-14-6-7-15-16(8-14)30-10-29-15/h2-8H,9-10H2,1H3,(H,24,27). The van der Waals surface area contributed by atoms with E-state index in [0.29, 0.717) is 38.1 Å². The summed E-state index contributed by atoms with van der Waals surface area (Å²) in [7, 11) is 0. The Bertz CT molecular complexity index is 1380. The molecule has 8 nitrogen and oxygen atoms in total. The van der Waals surface area contributed by atoms with E-state index in [0.717, 1.165) is 15.3 Å². The summed E-state index contributed by atoms with van der Waals surface area (Å²) in [6, 6.07) is 12.2. The molecular formula is C21H15ClN4O4S. The van der Waals surface area contributed by atoms with E-state index >= 15 is 0 Å². The molecule has 0 radical (unpaired) electrons. The number of amides is 1. The Balaban J connectivity index is 1.49. The number of rotatable bonds is 4. The van der Waals surface area contributed by atoms with Gasteiger partial charge in [0.1, 0.15) is 12.2 Å². The first kappa shape index (κ1) is 19.5. The van der Waals surface area contributed by atoms with E-state index in [4.69, 9.17) is 21.1 Å². The number of ether oxygens (including phenoxy) is 2. The summed E-state index contributed by atoms with van der Waals surface area (Å²) in [6.45, 7) is 1.71. The molecule has 156 valence electrons. The van der Waals surface area contributed by atoms with Gasteiger partial charge in [-0.05, 0) is 31.2 Å². The maximum Gasteiger partial charge on any atom is 0.294 e. The quantitative estimate of drug-likeness (QED) is 0.503. The second-order valence-electron chi connectivity index (χ2n) is 6.85. The molecule has 0 atom stereocenters. The lowest BCUT2D eigenvalue weighted by Crippen LogP contribution is -2.30. The van der Waals surface area contributed by atoms with Gasteiger partial charge < -0.3 is 14.8 Å². The van der Waals surface area contributed by atoms with Crippen molar-refractivity contribution in [3.05, 3.63) is 62.8 Å². The van der Waals surface area contributed by atoms with Crippen molar-refractivity contribution in [2.24, 2.45) is 0 Å². The third-order valence-electron chi connectivity index (χ3n) is 4.67. The van der Waals surface area contributed by atoms with Crippen LogP contribution in [0.5, 0.6) is 11.5 Å². The van der Waals surface area contributed by atoms with Crippen LogP contribution in [0.4, 0.5) is 5.69 Å². The minimum absolute atomic E-state index is 0.145. The Hall–Kier alpha value is -3.43. The molecule has 31 heavy (non-hydrogen) atoms. The van der Waals surface area contributed by atoms with Gasteiger partial charge in [0.05, 0.1) is 9.71 Å². The Morgan fingerprint density at radius 2 is 1.97 bits per heavy atom. The molecule has 3 heterocycles. The molecule has 0 unspecified atom stereocenters. The lowest BCUT2D eigenvalue weighted by Gasteiger charge is -2.10. The van der Waals surface area contributed by atoms with E-state index in [1.807, 2.05) is 19.1 Å². The lowest BCUT2D eigenvalue weighted by atomic mass is 10.1. The van der Waals surface area contributed by atoms with Crippen LogP contribution in [0.3, 0.4) is 0 Å². The van der Waals surface area contributed by atoms with E-state index in [1.54, 1.807) is 30.3 Å². The average Bonchev–Trinajstić information content (AvgIpc) is 3.37. The maximum absolute atomic E-state index is 12.9. The first-order valence-electron chi connectivity index (χ1n) is 9.31. The van der Waals surface area contributed by atoms with Gasteiger partial charge in [-0.15, -0.1) is 11.3 Å². The summed E-state index contributed by atoms with van der Waals surface area (Å²) in [6.07, 6.45) is 0. The fourth-order valence-electron chi connectivity index (χ4n) is 3.28. The second kappa shape index (κ2) is 7.68. The molecule has 1 amide bonds. The number of fused-ring (bicyclic) bond motifs is 2. The van der Waals surface area contributed by atoms with Crippen molar-refractivity contribution in [2.45, 2.75) is 13.5 Å². The smallest absolute Gasteiger partial charge is 0.294 e. The van der Waals surface area contributed by atoms with Crippen molar-refractivity contribution < 1.29 is 14.3 Å². The van der Waals surface area contributed by atoms with Crippen LogP contribution in [0, 0.1) is 6.92 Å². The molecule has 2 aromatic carbocycles. The van der Waals surface area contributed by atoms with Gasteiger partial charge in [0.25, 0.3) is 5.56 Å². The summed E-state index contributed by atoms with van der Waals surface area (Å²) in [4.78, 5) is 29.9. The van der Waals surface area contributed by atoms with Crippen LogP contribution in [-0.2, 0) is 11.3 Å². The molecule has 5 rings (SSSR count). The SMILES string of the molecule is Cc1nc2c(=O)n(CC(=O)Nc3ccc4c(c3)OCO4)nc(-c3ccc(Cl)cc3)c2s1. The number of nitrogens with zero attached hydrogens (tertiary/aromatic N) is 3. The van der Waals surface area contributed by atoms with Crippen molar-refractivity contribution in [1.82, 2.24) is 14.8 Å². The first-order valence-corrected chi connectivity index (χ1v) is 10.5. The van der Waals surface area contributed by atoms with Crippen LogP contribution in [0.1, 0.15) is 5.01 Å². The predicted molar refractivity (Wildman–Crippen MR) is 118 cm³/mol. The Kier molecular flexibility index (Phi) is 4.84. The average molecular weight is 455 g/mol. The number of carbonyl (C=O) groups is 1. The van der Waals surface area contributed by atoms with Gasteiger partial charge in [-0.3, -0.25) is 9.59 Å². The topological polar surface area (TPSA) is 95.3 Å². The summed E-state index contributed by atoms with van der Waals surface area (Å²) in [5.41, 5.74) is 1.76. The van der Waals surface area contributed by atoms with E-state index in [9.17, 15) is 9.59 Å². The number of thiazole rings is 1. The monoisotopic (exact) mass is 454 g/mol. The Morgan fingerprint density at radius 3 is 2.77 bits per heavy atom. The van der Waals surface area contributed by atoms with Crippen molar-refractivity contribution in [1.29, 1.82) is 0 Å². The number of nitrogens with one attached hydrogen (secondary N) is 1. The Morgan fingerprint density at radius 1 is 1.19 bits per heavy atom. The summed E-state index contributed by atoms with van der Waals surface area (Å²) < 4.78 is 12.4. The van der Waals surface area contributed by atoms with Crippen LogP contribution in [0.25, 0.3) is 21.5 Å². The van der Waals surface area contributed by atoms with Gasteiger partial charge in [0.15, 0.2) is 17.0 Å². The highest BCUT2D eigenvalue weighted by Gasteiger charge is 2.19. The van der Waals surface area contributed by atoms with E-state index in [-0.39, 0.29) is 13.3 Å². The number of halogens is 1. The fraction of sp³-hybridized carbons (Fsp3) is 0.143. The van der Waals surface area contributed by atoms with Crippen molar-refractivity contribution in [3.63, 3.8) is 0 Å². The van der Waals surface area contributed by atoms with Crippen LogP contribution in [-0.4, -0.2) is 27.5 Å². The van der Waals surface area contributed by atoms with Gasteiger partial charge >= 0.3 is 0 Å². The Labute approximate surface area is 185 Å². The van der Waals surface area contributed by atoms with Crippen molar-refractivity contribution >= 4 is 44.7 Å². The molecule has 0 fully saturated rings. The van der Waals surface area contributed by atoms with Gasteiger partial charge in [0, 0.05) is 22.3 Å². The molecule has 1 aliphatic rings. The number of anilines is 1. The van der Waals surface area contributed by atoms with E-state index in [1.165, 1.54) is 11.3 Å². The molecule has 0 saturated heterocycles. The number of benzene rings is 2. The lowest BCUT2D eigenvalue weighted by molar-refractivity contribution is -0.117. The third kappa shape index (κ3) is 3.73. The summed E-state index contributed by atoms with van der Waals surface area (Å²) >= 11 is 7.39. The minimum atomic E-state index is -0.419. The molecule has 4 aromatic rings. The number of hydrogen-bond acceptors (Lipinski definition) is 7. The van der Waals surface area contributed by atoms with Gasteiger partial charge in [0.2, 0.25) is 12.7 Å². The number of hydrogen-bond donors (Lipinski definition) is 1. The highest BCUT2D eigenvalue weighted by molar-refractivity contribution is 7.19. The van der Waals surface area contributed by atoms with Crippen molar-refractivity contribution in [3.8, 4) is 22.8 Å². The summed E-state index contributed by atoms with van der Waals surface area (Å²) in [5.74, 6) is 0.771. The molecule has 1 N–H and O–H groups in total. The molecule has 1 aliphatic heterocycles. The zero-order chi connectivity index (χ0) is 21.5. The first-order chi connectivity index (χ1) is 15.0. The highest BCUT2D eigenvalue weighted by atomic mass is 35.5. The van der Waals surface area contributed by atoms with Gasteiger partial charge in [-0.1, -0.05) is 23.7 Å². The van der Waals surface area contributed by atoms with Crippen LogP contribution < -0.4 is 20.3 Å². The van der Waals surface area contributed by atoms with E-state index < -0.39 is 11.5 Å². The molecule has 0 spiro atoms. The van der Waals surface area contributed by atoms with Crippen LogP contribution >= 0.6 is 22.9 Å². The predicted octanol–water partition coefficient (Wildman–Crippen LogP) is 3.85. The largest absolute Gasteiger partial charge is 0.454 e. The molecule has 0 saturated carbocycles. The number of aromatic nitrogens is 3. The normalized spacial score (nSPS) is 12.3. The number of aryl methyl sites for hydroxylation is 1. The molecule has 2 aromatic heterocycles. The third-order valence-corrected chi connectivity index (χ3v) is 5.90. The van der Waals surface area contributed by atoms with E-state index in [2.05, 4.69) is 15.4 Å². The van der Waals surface area contributed by atoms with Gasteiger partial charge in [-0.2, -0.15) is 5.10 Å². The maximum atomic E-state index is 12.9. The van der Waals surface area contributed by atoms with Crippen LogP contribution in [0.2, 0.25) is 5.02 Å².